The fraction of sp³-hybridized carbons (Fsp3) is 0.674. The topological polar surface area (TPSA) is 83.6 Å². The average molecular weight is 679 g/mol. The molecule has 0 saturated heterocycles. The predicted molar refractivity (Wildman–Crippen MR) is 210 cm³/mol. The molecule has 0 radical (unpaired) electrons. The molecule has 0 spiro atoms. The molecule has 0 atom stereocenters. The van der Waals surface area contributed by atoms with Crippen LogP contribution in [-0.2, 0) is 0 Å². The summed E-state index contributed by atoms with van der Waals surface area (Å²) >= 11 is 0. The molecule has 0 aliphatic rings. The quantitative estimate of drug-likeness (QED) is 0.0596. The Morgan fingerprint density at radius 1 is 0.449 bits per heavy atom. The number of rotatable bonds is 32. The summed E-state index contributed by atoms with van der Waals surface area (Å²) in [7, 11) is 0. The average Bonchev–Trinajstić information content (AvgIpc) is 3.10. The zero-order valence-electron chi connectivity index (χ0n) is 31.3. The second kappa shape index (κ2) is 29.9. The van der Waals surface area contributed by atoms with Gasteiger partial charge in [0.15, 0.2) is 0 Å². The number of benzene rings is 2. The lowest BCUT2D eigenvalue weighted by molar-refractivity contribution is 0.302. The predicted octanol–water partition coefficient (Wildman–Crippen LogP) is 12.4. The number of hydrogen-bond donors (Lipinski definition) is 2. The molecule has 0 amide bonds. The van der Waals surface area contributed by atoms with Crippen LogP contribution in [-0.4, -0.2) is 48.9 Å². The van der Waals surface area contributed by atoms with Crippen molar-refractivity contribution in [3.8, 4) is 23.0 Å². The number of phenols is 2. The zero-order valence-corrected chi connectivity index (χ0v) is 31.3. The van der Waals surface area contributed by atoms with Crippen molar-refractivity contribution in [3.63, 3.8) is 0 Å². The standard InChI is InChI=1S/C43H70N2O4/c1-3-5-7-9-11-13-15-17-19-21-23-32-48-40-28-26-38(42(46)34-40)36-44-30-25-31-45-37-39-27-29-41(35-43(39)47)49-33-24-22-20-18-16-14-12-10-8-6-4-2/h26-29,34-37,46-47H,3-25,30-33H2,1-2H3. The van der Waals surface area contributed by atoms with Gasteiger partial charge >= 0.3 is 0 Å². The van der Waals surface area contributed by atoms with E-state index < -0.39 is 0 Å². The molecule has 0 unspecified atom stereocenters. The van der Waals surface area contributed by atoms with Gasteiger partial charge in [0.25, 0.3) is 0 Å². The third-order valence-corrected chi connectivity index (χ3v) is 9.07. The summed E-state index contributed by atoms with van der Waals surface area (Å²) in [4.78, 5) is 8.90. The Hall–Kier alpha value is -3.02. The van der Waals surface area contributed by atoms with Crippen LogP contribution in [0, 0.1) is 0 Å². The van der Waals surface area contributed by atoms with Crippen LogP contribution in [0.2, 0.25) is 0 Å². The van der Waals surface area contributed by atoms with Gasteiger partial charge in [0.1, 0.15) is 23.0 Å². The zero-order chi connectivity index (χ0) is 35.0. The van der Waals surface area contributed by atoms with E-state index in [2.05, 4.69) is 23.8 Å². The van der Waals surface area contributed by atoms with Crippen LogP contribution < -0.4 is 9.47 Å². The van der Waals surface area contributed by atoms with Crippen LogP contribution in [0.25, 0.3) is 0 Å². The van der Waals surface area contributed by atoms with Crippen LogP contribution >= 0.6 is 0 Å². The van der Waals surface area contributed by atoms with Crippen molar-refractivity contribution in [2.24, 2.45) is 9.98 Å². The highest BCUT2D eigenvalue weighted by Crippen LogP contribution is 2.24. The number of unbranched alkanes of at least 4 members (excludes halogenated alkanes) is 20. The summed E-state index contributed by atoms with van der Waals surface area (Å²) in [5.74, 6) is 1.76. The lowest BCUT2D eigenvalue weighted by atomic mass is 10.1. The van der Waals surface area contributed by atoms with Crippen molar-refractivity contribution in [1.82, 2.24) is 0 Å². The van der Waals surface area contributed by atoms with Crippen molar-refractivity contribution in [1.29, 1.82) is 0 Å². The highest BCUT2D eigenvalue weighted by atomic mass is 16.5. The van der Waals surface area contributed by atoms with E-state index in [-0.39, 0.29) is 11.5 Å². The van der Waals surface area contributed by atoms with Crippen LogP contribution in [0.5, 0.6) is 23.0 Å². The van der Waals surface area contributed by atoms with Gasteiger partial charge in [0.2, 0.25) is 0 Å². The first-order chi connectivity index (χ1) is 24.1. The molecule has 0 aromatic heterocycles. The molecular weight excluding hydrogens is 608 g/mol. The minimum absolute atomic E-state index is 0.180. The van der Waals surface area contributed by atoms with Gasteiger partial charge in [-0.3, -0.25) is 9.98 Å². The second-order valence-electron chi connectivity index (χ2n) is 13.6. The summed E-state index contributed by atoms with van der Waals surface area (Å²) in [6, 6.07) is 10.8. The molecule has 49 heavy (non-hydrogen) atoms. The van der Waals surface area contributed by atoms with E-state index in [1.165, 1.54) is 128 Å². The summed E-state index contributed by atoms with van der Waals surface area (Å²) in [5, 5.41) is 20.8. The van der Waals surface area contributed by atoms with E-state index in [4.69, 9.17) is 9.47 Å². The summed E-state index contributed by atoms with van der Waals surface area (Å²) < 4.78 is 11.7. The molecule has 0 heterocycles. The van der Waals surface area contributed by atoms with Crippen molar-refractivity contribution in [2.75, 3.05) is 26.3 Å². The normalized spacial score (nSPS) is 11.6. The maximum absolute atomic E-state index is 10.4. The first kappa shape index (κ1) is 42.1. The van der Waals surface area contributed by atoms with Crippen LogP contribution in [0.1, 0.15) is 173 Å². The smallest absolute Gasteiger partial charge is 0.128 e. The molecule has 6 nitrogen and oxygen atoms in total. The molecule has 6 heteroatoms. The van der Waals surface area contributed by atoms with E-state index >= 15 is 0 Å². The SMILES string of the molecule is CCCCCCCCCCCCCOc1ccc(C=NCCCN=Cc2ccc(OCCCCCCCCCCCCC)cc2O)c(O)c1. The van der Waals surface area contributed by atoms with Crippen molar-refractivity contribution >= 4 is 12.4 Å². The number of aliphatic imine (C=N–C) groups is 2. The maximum atomic E-state index is 10.4. The summed E-state index contributed by atoms with van der Waals surface area (Å²) in [6.07, 6.45) is 33.1. The van der Waals surface area contributed by atoms with Gasteiger partial charge in [-0.15, -0.1) is 0 Å². The fourth-order valence-corrected chi connectivity index (χ4v) is 5.94. The molecule has 2 aromatic carbocycles. The molecule has 0 aliphatic heterocycles. The number of aromatic hydroxyl groups is 2. The van der Waals surface area contributed by atoms with Gasteiger partial charge in [-0.2, -0.15) is 0 Å². The fourth-order valence-electron chi connectivity index (χ4n) is 5.94. The van der Waals surface area contributed by atoms with Crippen molar-refractivity contribution in [3.05, 3.63) is 47.5 Å². The minimum Gasteiger partial charge on any atom is -0.507 e. The van der Waals surface area contributed by atoms with Crippen LogP contribution in [0.3, 0.4) is 0 Å². The largest absolute Gasteiger partial charge is 0.507 e. The lowest BCUT2D eigenvalue weighted by Crippen LogP contribution is -1.98. The number of ether oxygens (including phenoxy) is 2. The van der Waals surface area contributed by atoms with Gasteiger partial charge < -0.3 is 19.7 Å². The third-order valence-electron chi connectivity index (χ3n) is 9.07. The molecule has 2 rings (SSSR count). The Morgan fingerprint density at radius 3 is 1.10 bits per heavy atom. The Kier molecular flexibility index (Phi) is 25.7. The third kappa shape index (κ3) is 22.3. The Labute approximate surface area is 299 Å². The molecule has 0 saturated carbocycles. The Bertz CT molecular complexity index is 1050. The van der Waals surface area contributed by atoms with E-state index in [9.17, 15) is 10.2 Å². The van der Waals surface area contributed by atoms with E-state index in [0.717, 1.165) is 19.3 Å². The van der Waals surface area contributed by atoms with Crippen LogP contribution in [0.15, 0.2) is 46.4 Å². The monoisotopic (exact) mass is 679 g/mol. The van der Waals surface area contributed by atoms with Crippen LogP contribution in [0.4, 0.5) is 0 Å². The van der Waals surface area contributed by atoms with Crippen molar-refractivity contribution in [2.45, 2.75) is 162 Å². The molecule has 276 valence electrons. The molecule has 2 aromatic rings. The number of nitrogens with zero attached hydrogens (tertiary/aromatic N) is 2. The van der Waals surface area contributed by atoms with Gasteiger partial charge in [0, 0.05) is 48.8 Å². The first-order valence-electron chi connectivity index (χ1n) is 20.0. The second-order valence-corrected chi connectivity index (χ2v) is 13.6. The highest BCUT2D eigenvalue weighted by molar-refractivity contribution is 5.84. The number of phenolic OH excluding ortho intramolecular Hbond substituents is 2. The van der Waals surface area contributed by atoms with E-state index in [1.54, 1.807) is 24.6 Å². The maximum Gasteiger partial charge on any atom is 0.128 e. The highest BCUT2D eigenvalue weighted by Gasteiger charge is 2.04. The molecule has 0 bridgehead atoms. The van der Waals surface area contributed by atoms with Gasteiger partial charge in [-0.1, -0.05) is 142 Å². The van der Waals surface area contributed by atoms with E-state index in [0.29, 0.717) is 48.9 Å². The van der Waals surface area contributed by atoms with Gasteiger partial charge in [-0.25, -0.2) is 0 Å². The van der Waals surface area contributed by atoms with Crippen molar-refractivity contribution < 1.29 is 19.7 Å². The first-order valence-corrected chi connectivity index (χ1v) is 20.0. The summed E-state index contributed by atoms with van der Waals surface area (Å²) in [6.45, 7) is 7.10. The molecule has 0 aliphatic carbocycles. The Morgan fingerprint density at radius 2 is 0.776 bits per heavy atom. The van der Waals surface area contributed by atoms with E-state index in [1.807, 2.05) is 24.3 Å². The minimum atomic E-state index is 0.180. The lowest BCUT2D eigenvalue weighted by Gasteiger charge is -2.08. The summed E-state index contributed by atoms with van der Waals surface area (Å²) in [5.41, 5.74) is 1.36. The van der Waals surface area contributed by atoms with Gasteiger partial charge in [0.05, 0.1) is 13.2 Å². The molecular formula is C43H70N2O4. The Balaban J connectivity index is 1.50. The van der Waals surface area contributed by atoms with Gasteiger partial charge in [-0.05, 0) is 43.5 Å². The molecule has 2 N–H and O–H groups in total. The number of hydrogen-bond acceptors (Lipinski definition) is 6. The molecule has 0 fully saturated rings.